The Kier molecular flexibility index (Phi) is 4.35. The normalized spacial score (nSPS) is 10.2. The van der Waals surface area contributed by atoms with Crippen LogP contribution >= 0.6 is 0 Å². The summed E-state index contributed by atoms with van der Waals surface area (Å²) in [6.45, 7) is 2.54. The Hall–Kier alpha value is -2.36. The van der Waals surface area contributed by atoms with Gasteiger partial charge in [0, 0.05) is 12.2 Å². The second-order valence-electron chi connectivity index (χ2n) is 4.54. The zero-order chi connectivity index (χ0) is 14.5. The Morgan fingerprint density at radius 2 is 1.75 bits per heavy atom. The lowest BCUT2D eigenvalue weighted by atomic mass is 10.1. The van der Waals surface area contributed by atoms with Gasteiger partial charge in [-0.1, -0.05) is 6.07 Å². The van der Waals surface area contributed by atoms with E-state index in [-0.39, 0.29) is 0 Å². The molecule has 0 radical (unpaired) electrons. The summed E-state index contributed by atoms with van der Waals surface area (Å²) in [5, 5.41) is 12.8. The molecule has 0 bridgehead atoms. The molecule has 2 aromatic rings. The number of rotatable bonds is 5. The molecule has 20 heavy (non-hydrogen) atoms. The summed E-state index contributed by atoms with van der Waals surface area (Å²) in [4.78, 5) is 0. The van der Waals surface area contributed by atoms with Gasteiger partial charge in [-0.3, -0.25) is 0 Å². The Labute approximate surface area is 119 Å². The van der Waals surface area contributed by atoms with Gasteiger partial charge >= 0.3 is 0 Å². The van der Waals surface area contributed by atoms with Crippen molar-refractivity contribution in [2.75, 3.05) is 19.5 Å². The van der Waals surface area contributed by atoms with Crippen molar-refractivity contribution in [2.45, 2.75) is 13.5 Å². The van der Waals surface area contributed by atoms with Crippen LogP contribution in [-0.4, -0.2) is 19.3 Å². The maximum Gasteiger partial charge on any atom is 0.161 e. The second kappa shape index (κ2) is 6.19. The van der Waals surface area contributed by atoms with Crippen molar-refractivity contribution in [1.29, 1.82) is 0 Å². The predicted molar refractivity (Wildman–Crippen MR) is 79.7 cm³/mol. The zero-order valence-electron chi connectivity index (χ0n) is 11.9. The molecule has 0 atom stereocenters. The number of phenolic OH excluding ortho intramolecular Hbond substituents is 1. The van der Waals surface area contributed by atoms with Gasteiger partial charge in [-0.25, -0.2) is 0 Å². The number of hydrogen-bond donors (Lipinski definition) is 2. The quantitative estimate of drug-likeness (QED) is 0.820. The van der Waals surface area contributed by atoms with E-state index in [1.54, 1.807) is 20.3 Å². The number of aromatic hydroxyl groups is 1. The first-order valence-electron chi connectivity index (χ1n) is 6.38. The molecule has 0 aromatic heterocycles. The minimum Gasteiger partial charge on any atom is -0.508 e. The summed E-state index contributed by atoms with van der Waals surface area (Å²) >= 11 is 0. The lowest BCUT2D eigenvalue weighted by molar-refractivity contribution is 0.354. The number of phenols is 1. The van der Waals surface area contributed by atoms with Crippen LogP contribution in [0.1, 0.15) is 11.1 Å². The van der Waals surface area contributed by atoms with Gasteiger partial charge in [0.2, 0.25) is 0 Å². The van der Waals surface area contributed by atoms with Crippen LogP contribution < -0.4 is 14.8 Å². The third-order valence-electron chi connectivity index (χ3n) is 3.14. The van der Waals surface area contributed by atoms with Crippen molar-refractivity contribution >= 4 is 5.69 Å². The largest absolute Gasteiger partial charge is 0.508 e. The van der Waals surface area contributed by atoms with Crippen molar-refractivity contribution in [2.24, 2.45) is 0 Å². The number of hydrogen-bond acceptors (Lipinski definition) is 4. The van der Waals surface area contributed by atoms with E-state index in [0.717, 1.165) is 22.6 Å². The van der Waals surface area contributed by atoms with E-state index < -0.39 is 0 Å². The molecule has 4 heteroatoms. The van der Waals surface area contributed by atoms with Gasteiger partial charge in [0.05, 0.1) is 14.2 Å². The molecule has 2 rings (SSSR count). The lowest BCUT2D eigenvalue weighted by Gasteiger charge is -2.11. The minimum absolute atomic E-state index is 0.307. The van der Waals surface area contributed by atoms with Gasteiger partial charge in [-0.05, 0) is 48.4 Å². The SMILES string of the molecule is COc1ccc(CNc2ccc(O)c(C)c2)cc1OC. The number of methoxy groups -OCH3 is 2. The predicted octanol–water partition coefficient (Wildman–Crippen LogP) is 3.33. The average Bonchev–Trinajstić information content (AvgIpc) is 2.48. The fourth-order valence-corrected chi connectivity index (χ4v) is 1.96. The second-order valence-corrected chi connectivity index (χ2v) is 4.54. The molecule has 0 saturated carbocycles. The van der Waals surface area contributed by atoms with Crippen LogP contribution in [0.15, 0.2) is 36.4 Å². The molecule has 0 fully saturated rings. The van der Waals surface area contributed by atoms with Gasteiger partial charge in [0.1, 0.15) is 5.75 Å². The molecule has 106 valence electrons. The Morgan fingerprint density at radius 3 is 2.40 bits per heavy atom. The van der Waals surface area contributed by atoms with E-state index in [2.05, 4.69) is 5.32 Å². The first-order chi connectivity index (χ1) is 9.63. The molecule has 0 heterocycles. The lowest BCUT2D eigenvalue weighted by Crippen LogP contribution is -2.00. The minimum atomic E-state index is 0.307. The maximum absolute atomic E-state index is 9.50. The Balaban J connectivity index is 2.08. The zero-order valence-corrected chi connectivity index (χ0v) is 11.9. The van der Waals surface area contributed by atoms with E-state index in [4.69, 9.17) is 9.47 Å². The number of ether oxygens (including phenoxy) is 2. The summed E-state index contributed by atoms with van der Waals surface area (Å²) in [6, 6.07) is 11.3. The number of anilines is 1. The smallest absolute Gasteiger partial charge is 0.161 e. The monoisotopic (exact) mass is 273 g/mol. The highest BCUT2D eigenvalue weighted by atomic mass is 16.5. The topological polar surface area (TPSA) is 50.7 Å². The highest BCUT2D eigenvalue weighted by molar-refractivity contribution is 5.51. The average molecular weight is 273 g/mol. The number of nitrogens with one attached hydrogen (secondary N) is 1. The van der Waals surface area contributed by atoms with Gasteiger partial charge in [0.15, 0.2) is 11.5 Å². The van der Waals surface area contributed by atoms with Crippen LogP contribution in [0.25, 0.3) is 0 Å². The summed E-state index contributed by atoms with van der Waals surface area (Å²) in [7, 11) is 3.24. The molecule has 4 nitrogen and oxygen atoms in total. The number of aryl methyl sites for hydroxylation is 1. The van der Waals surface area contributed by atoms with E-state index in [1.807, 2.05) is 37.3 Å². The standard InChI is InChI=1S/C16H19NO3/c1-11-8-13(5-6-14(11)18)17-10-12-4-7-15(19-2)16(9-12)20-3/h4-9,17-18H,10H2,1-3H3. The molecular weight excluding hydrogens is 254 g/mol. The van der Waals surface area contributed by atoms with Crippen LogP contribution in [0.5, 0.6) is 17.2 Å². The molecule has 0 amide bonds. The third-order valence-corrected chi connectivity index (χ3v) is 3.14. The van der Waals surface area contributed by atoms with E-state index in [0.29, 0.717) is 18.0 Å². The first-order valence-corrected chi connectivity index (χ1v) is 6.38. The molecule has 0 saturated heterocycles. The van der Waals surface area contributed by atoms with Crippen molar-refractivity contribution in [3.8, 4) is 17.2 Å². The Morgan fingerprint density at radius 1 is 1.00 bits per heavy atom. The summed E-state index contributed by atoms with van der Waals surface area (Å²) in [5.74, 6) is 1.74. The van der Waals surface area contributed by atoms with Crippen LogP contribution in [0.2, 0.25) is 0 Å². The van der Waals surface area contributed by atoms with Crippen molar-refractivity contribution < 1.29 is 14.6 Å². The summed E-state index contributed by atoms with van der Waals surface area (Å²) in [5.41, 5.74) is 2.91. The summed E-state index contributed by atoms with van der Waals surface area (Å²) in [6.07, 6.45) is 0. The third kappa shape index (κ3) is 3.15. The molecule has 0 aliphatic rings. The molecule has 2 N–H and O–H groups in total. The van der Waals surface area contributed by atoms with Crippen molar-refractivity contribution in [3.63, 3.8) is 0 Å². The highest BCUT2D eigenvalue weighted by Gasteiger charge is 2.04. The highest BCUT2D eigenvalue weighted by Crippen LogP contribution is 2.28. The molecule has 0 spiro atoms. The molecular formula is C16H19NO3. The van der Waals surface area contributed by atoms with E-state index in [9.17, 15) is 5.11 Å². The summed E-state index contributed by atoms with van der Waals surface area (Å²) < 4.78 is 10.5. The van der Waals surface area contributed by atoms with Gasteiger partial charge in [0.25, 0.3) is 0 Å². The maximum atomic E-state index is 9.50. The van der Waals surface area contributed by atoms with E-state index in [1.165, 1.54) is 0 Å². The van der Waals surface area contributed by atoms with Crippen molar-refractivity contribution in [3.05, 3.63) is 47.5 Å². The molecule has 0 unspecified atom stereocenters. The molecule has 0 aliphatic heterocycles. The van der Waals surface area contributed by atoms with E-state index >= 15 is 0 Å². The van der Waals surface area contributed by atoms with Crippen LogP contribution in [0, 0.1) is 6.92 Å². The van der Waals surface area contributed by atoms with Crippen LogP contribution in [0.3, 0.4) is 0 Å². The van der Waals surface area contributed by atoms with Crippen LogP contribution in [0.4, 0.5) is 5.69 Å². The van der Waals surface area contributed by atoms with Crippen molar-refractivity contribution in [1.82, 2.24) is 0 Å². The molecule has 2 aromatic carbocycles. The van der Waals surface area contributed by atoms with Gasteiger partial charge < -0.3 is 19.9 Å². The molecule has 0 aliphatic carbocycles. The van der Waals surface area contributed by atoms with Gasteiger partial charge in [-0.15, -0.1) is 0 Å². The number of benzene rings is 2. The first kappa shape index (κ1) is 14.1. The fourth-order valence-electron chi connectivity index (χ4n) is 1.96. The Bertz CT molecular complexity index is 596. The van der Waals surface area contributed by atoms with Crippen LogP contribution in [-0.2, 0) is 6.54 Å². The van der Waals surface area contributed by atoms with Gasteiger partial charge in [-0.2, -0.15) is 0 Å². The fraction of sp³-hybridized carbons (Fsp3) is 0.250.